The van der Waals surface area contributed by atoms with E-state index in [0.717, 1.165) is 70.9 Å². The van der Waals surface area contributed by atoms with Crippen LogP contribution in [0.4, 0.5) is 11.5 Å². The van der Waals surface area contributed by atoms with Crippen LogP contribution in [0, 0.1) is 22.7 Å². The van der Waals surface area contributed by atoms with Gasteiger partial charge in [-0.2, -0.15) is 20.5 Å². The van der Waals surface area contributed by atoms with E-state index in [4.69, 9.17) is 31.6 Å². The zero-order valence-corrected chi connectivity index (χ0v) is 28.1. The molecular formula is C36H37ClN10O2. The Kier molecular flexibility index (Phi) is 9.34. The van der Waals surface area contributed by atoms with Gasteiger partial charge in [0.25, 0.3) is 0 Å². The summed E-state index contributed by atoms with van der Waals surface area (Å²) in [6, 6.07) is 16.8. The molecule has 1 amide bonds. The fourth-order valence-electron chi connectivity index (χ4n) is 7.16. The molecule has 2 aromatic carbocycles. The fraction of sp³-hybridized carbons (Fsp3) is 0.389. The first kappa shape index (κ1) is 32.4. The number of amides is 1. The summed E-state index contributed by atoms with van der Waals surface area (Å²) in [6.07, 6.45) is 9.18. The van der Waals surface area contributed by atoms with Crippen molar-refractivity contribution in [3.05, 3.63) is 77.0 Å². The maximum atomic E-state index is 13.3. The number of imidazole rings is 1. The Morgan fingerprint density at radius 1 is 1.08 bits per heavy atom. The van der Waals surface area contributed by atoms with E-state index >= 15 is 0 Å². The second kappa shape index (κ2) is 14.1. The zero-order valence-electron chi connectivity index (χ0n) is 27.4. The lowest BCUT2D eigenvalue weighted by molar-refractivity contribution is -0.128. The molecule has 0 bridgehead atoms. The number of likely N-dealkylation sites (tertiary alicyclic amines) is 1. The van der Waals surface area contributed by atoms with Crippen molar-refractivity contribution < 1.29 is 9.53 Å². The number of anilines is 2. The zero-order chi connectivity index (χ0) is 33.9. The molecule has 0 saturated carbocycles. The summed E-state index contributed by atoms with van der Waals surface area (Å²) in [6.45, 7) is 4.31. The number of nitriles is 2. The molecule has 0 spiro atoms. The summed E-state index contributed by atoms with van der Waals surface area (Å²) in [5, 5.41) is 21.6. The third kappa shape index (κ3) is 6.75. The van der Waals surface area contributed by atoms with Gasteiger partial charge in [0.2, 0.25) is 5.91 Å². The van der Waals surface area contributed by atoms with Crippen LogP contribution in [-0.4, -0.2) is 93.7 Å². The minimum Gasteiger partial charge on any atom is -0.462 e. The van der Waals surface area contributed by atoms with Gasteiger partial charge in [-0.1, -0.05) is 35.9 Å². The number of nitrogens with zero attached hydrogens (tertiary/aromatic N) is 10. The van der Waals surface area contributed by atoms with Gasteiger partial charge in [0, 0.05) is 67.3 Å². The van der Waals surface area contributed by atoms with Crippen molar-refractivity contribution in [1.29, 1.82) is 10.5 Å². The van der Waals surface area contributed by atoms with Crippen molar-refractivity contribution in [1.82, 2.24) is 29.3 Å². The number of carbonyl (C=O) groups excluding carboxylic acids is 1. The number of carbonyl (C=O) groups is 1. The lowest BCUT2D eigenvalue weighted by Gasteiger charge is -2.42. The van der Waals surface area contributed by atoms with E-state index in [0.29, 0.717) is 44.8 Å². The van der Waals surface area contributed by atoms with Crippen LogP contribution in [0.3, 0.4) is 0 Å². The largest absolute Gasteiger partial charge is 0.462 e. The Hall–Kier alpha value is -5.17. The van der Waals surface area contributed by atoms with Crippen LogP contribution < -0.4 is 14.5 Å². The fourth-order valence-corrected chi connectivity index (χ4v) is 7.44. The second-order valence-corrected chi connectivity index (χ2v) is 13.2. The van der Waals surface area contributed by atoms with Crippen molar-refractivity contribution in [2.24, 2.45) is 0 Å². The first-order valence-corrected chi connectivity index (χ1v) is 17.0. The first-order chi connectivity index (χ1) is 23.9. The normalized spacial score (nSPS) is 19.6. The molecule has 2 atom stereocenters. The van der Waals surface area contributed by atoms with E-state index in [1.807, 2.05) is 18.2 Å². The maximum Gasteiger partial charge on any atom is 0.318 e. The third-order valence-electron chi connectivity index (χ3n) is 9.77. The molecule has 2 saturated heterocycles. The molecule has 3 aliphatic rings. The van der Waals surface area contributed by atoms with Crippen LogP contribution in [0.1, 0.15) is 36.2 Å². The van der Waals surface area contributed by atoms with E-state index in [1.54, 1.807) is 21.9 Å². The monoisotopic (exact) mass is 676 g/mol. The molecular weight excluding hydrogens is 640 g/mol. The highest BCUT2D eigenvalue weighted by atomic mass is 35.5. The lowest BCUT2D eigenvalue weighted by atomic mass is 10.0. The van der Waals surface area contributed by atoms with Crippen LogP contribution in [0.25, 0.3) is 17.0 Å². The smallest absolute Gasteiger partial charge is 0.318 e. The average molecular weight is 677 g/mol. The second-order valence-electron chi connectivity index (χ2n) is 12.8. The van der Waals surface area contributed by atoms with Crippen molar-refractivity contribution in [3.63, 3.8) is 0 Å². The standard InChI is InChI=1S/C36H37ClN10O2/c1-43-14-4-7-28(43)23-49-36-41-31-22-45(32-9-3-6-25-5-2-8-30(37)34(25)32)16-11-29(31)35(42-36)46-17-18-47(27(21-46)10-13-38)33(48)12-15-44-20-26(19-39)40-24-44/h2-3,5-6,8-9,12,15,20,24,27-28H,4,7,10-11,14,16-18,21-23H2,1H3/b15-12+/t27-,28-/m0/s1. The third-order valence-corrected chi connectivity index (χ3v) is 10.1. The van der Waals surface area contributed by atoms with E-state index in [9.17, 15) is 10.1 Å². The molecule has 2 fully saturated rings. The minimum absolute atomic E-state index is 0.181. The molecule has 5 heterocycles. The van der Waals surface area contributed by atoms with Crippen molar-refractivity contribution >= 4 is 46.0 Å². The topological polar surface area (TPSA) is 130 Å². The van der Waals surface area contributed by atoms with Crippen LogP contribution in [0.2, 0.25) is 5.02 Å². The predicted molar refractivity (Wildman–Crippen MR) is 187 cm³/mol. The van der Waals surface area contributed by atoms with Gasteiger partial charge in [0.05, 0.1) is 35.8 Å². The average Bonchev–Trinajstić information content (AvgIpc) is 3.77. The van der Waals surface area contributed by atoms with Crippen LogP contribution in [-0.2, 0) is 17.8 Å². The van der Waals surface area contributed by atoms with E-state index < -0.39 is 0 Å². The number of rotatable bonds is 8. The van der Waals surface area contributed by atoms with Crippen molar-refractivity contribution in [2.75, 3.05) is 56.2 Å². The number of likely N-dealkylation sites (N-methyl/N-ethyl adjacent to an activating group) is 1. The Labute approximate surface area is 290 Å². The molecule has 0 radical (unpaired) electrons. The van der Waals surface area contributed by atoms with Gasteiger partial charge in [0.1, 0.15) is 24.8 Å². The SMILES string of the molecule is CN1CCC[C@H]1COc1nc2c(c(N3CCN(C(=O)/C=C/n4cnc(C#N)c4)[C@@H](CC#N)C3)n1)CCN(c1cccc3cccc(Cl)c13)C2. The van der Waals surface area contributed by atoms with Crippen molar-refractivity contribution in [2.45, 2.75) is 44.3 Å². The summed E-state index contributed by atoms with van der Waals surface area (Å²) in [7, 11) is 2.12. The summed E-state index contributed by atoms with van der Waals surface area (Å²) in [5.41, 5.74) is 3.31. The number of ether oxygens (including phenoxy) is 1. The molecule has 0 N–H and O–H groups in total. The van der Waals surface area contributed by atoms with Crippen molar-refractivity contribution in [3.8, 4) is 18.1 Å². The number of hydrogen-bond donors (Lipinski definition) is 0. The molecule has 12 nitrogen and oxygen atoms in total. The van der Waals surface area contributed by atoms with E-state index in [-0.39, 0.29) is 24.1 Å². The van der Waals surface area contributed by atoms with E-state index in [1.165, 1.54) is 12.4 Å². The summed E-state index contributed by atoms with van der Waals surface area (Å²) >= 11 is 6.73. The molecule has 49 heavy (non-hydrogen) atoms. The number of hydrogen-bond acceptors (Lipinski definition) is 10. The predicted octanol–water partition coefficient (Wildman–Crippen LogP) is 4.49. The molecule has 0 unspecified atom stereocenters. The molecule has 4 aromatic rings. The number of aromatic nitrogens is 4. The molecule has 2 aromatic heterocycles. The number of piperazine rings is 1. The van der Waals surface area contributed by atoms with Gasteiger partial charge in [0.15, 0.2) is 5.69 Å². The summed E-state index contributed by atoms with van der Waals surface area (Å²) in [4.78, 5) is 35.9. The molecule has 7 rings (SSSR count). The molecule has 3 aliphatic heterocycles. The first-order valence-electron chi connectivity index (χ1n) is 16.6. The van der Waals surface area contributed by atoms with Crippen LogP contribution in [0.15, 0.2) is 55.0 Å². The van der Waals surface area contributed by atoms with Gasteiger partial charge in [-0.3, -0.25) is 4.79 Å². The number of benzene rings is 2. The van der Waals surface area contributed by atoms with Crippen LogP contribution in [0.5, 0.6) is 6.01 Å². The lowest BCUT2D eigenvalue weighted by Crippen LogP contribution is -2.55. The number of halogens is 1. The minimum atomic E-state index is -0.339. The van der Waals surface area contributed by atoms with Gasteiger partial charge >= 0.3 is 6.01 Å². The highest BCUT2D eigenvalue weighted by Crippen LogP contribution is 2.37. The summed E-state index contributed by atoms with van der Waals surface area (Å²) in [5.74, 6) is 0.606. The summed E-state index contributed by atoms with van der Waals surface area (Å²) < 4.78 is 7.89. The maximum absolute atomic E-state index is 13.3. The van der Waals surface area contributed by atoms with Gasteiger partial charge in [-0.25, -0.2) is 4.98 Å². The highest BCUT2D eigenvalue weighted by Gasteiger charge is 2.34. The van der Waals surface area contributed by atoms with Gasteiger partial charge in [-0.15, -0.1) is 0 Å². The molecule has 250 valence electrons. The van der Waals surface area contributed by atoms with Gasteiger partial charge in [-0.05, 0) is 50.4 Å². The molecule has 0 aliphatic carbocycles. The Bertz CT molecular complexity index is 1980. The molecule has 13 heteroatoms. The Balaban J connectivity index is 1.17. The number of fused-ring (bicyclic) bond motifs is 2. The van der Waals surface area contributed by atoms with Crippen LogP contribution >= 0.6 is 11.6 Å². The Morgan fingerprint density at radius 3 is 2.71 bits per heavy atom. The van der Waals surface area contributed by atoms with Gasteiger partial charge < -0.3 is 28.9 Å². The Morgan fingerprint density at radius 2 is 1.94 bits per heavy atom. The van der Waals surface area contributed by atoms with E-state index in [2.05, 4.69) is 57.1 Å². The quantitative estimate of drug-likeness (QED) is 0.246. The highest BCUT2D eigenvalue weighted by molar-refractivity contribution is 6.36.